The lowest BCUT2D eigenvalue weighted by Crippen LogP contribution is -2.15. The first kappa shape index (κ1) is 15.8. The van der Waals surface area contributed by atoms with Crippen molar-refractivity contribution in [1.82, 2.24) is 4.98 Å². The molecule has 0 unspecified atom stereocenters. The molecule has 3 aromatic carbocycles. The van der Waals surface area contributed by atoms with Crippen molar-refractivity contribution < 1.29 is 0 Å². The first-order chi connectivity index (χ1) is 13.1. The highest BCUT2D eigenvalue weighted by atomic mass is 14.7. The van der Waals surface area contributed by atoms with Gasteiger partial charge in [0.05, 0.1) is 12.3 Å². The van der Waals surface area contributed by atoms with E-state index in [-0.39, 0.29) is 5.41 Å². The number of aromatic nitrogens is 1. The number of rotatable bonds is 1. The number of hydrogen-bond acceptors (Lipinski definition) is 1. The van der Waals surface area contributed by atoms with Crippen LogP contribution in [0.5, 0.6) is 0 Å². The van der Waals surface area contributed by atoms with Crippen LogP contribution in [0.3, 0.4) is 0 Å². The van der Waals surface area contributed by atoms with Gasteiger partial charge in [-0.1, -0.05) is 56.3 Å². The summed E-state index contributed by atoms with van der Waals surface area (Å²) in [6, 6.07) is 23.1. The lowest BCUT2D eigenvalue weighted by molar-refractivity contribution is 0.666. The summed E-state index contributed by atoms with van der Waals surface area (Å²) in [5.41, 5.74) is 7.89. The van der Waals surface area contributed by atoms with Crippen LogP contribution in [0, 0.1) is 6.57 Å². The molecule has 1 heterocycles. The molecule has 27 heavy (non-hydrogen) atoms. The maximum atomic E-state index is 7.38. The molecular weight excluding hydrogens is 328 g/mol. The second-order valence-electron chi connectivity index (χ2n) is 7.61. The van der Waals surface area contributed by atoms with Crippen LogP contribution in [0.1, 0.15) is 25.0 Å². The van der Waals surface area contributed by atoms with Crippen LogP contribution in [0.4, 0.5) is 5.69 Å². The normalized spacial score (nSPS) is 13.8. The third-order valence-electron chi connectivity index (χ3n) is 5.70. The molecule has 5 rings (SSSR count). The number of fused-ring (bicyclic) bond motifs is 5. The van der Waals surface area contributed by atoms with Gasteiger partial charge in [0.2, 0.25) is 0 Å². The van der Waals surface area contributed by atoms with Crippen molar-refractivity contribution in [2.24, 2.45) is 0 Å². The van der Waals surface area contributed by atoms with Gasteiger partial charge >= 0.3 is 0 Å². The number of pyridine rings is 1. The third-order valence-corrected chi connectivity index (χ3v) is 5.70. The van der Waals surface area contributed by atoms with Crippen molar-refractivity contribution in [3.63, 3.8) is 0 Å². The van der Waals surface area contributed by atoms with E-state index in [0.29, 0.717) is 5.69 Å². The average Bonchev–Trinajstić information content (AvgIpc) is 2.95. The minimum absolute atomic E-state index is 0.129. The fourth-order valence-corrected chi connectivity index (χ4v) is 4.40. The summed E-state index contributed by atoms with van der Waals surface area (Å²) in [6.07, 6.45) is 1.84. The zero-order chi connectivity index (χ0) is 18.6. The molecule has 0 saturated carbocycles. The minimum Gasteiger partial charge on any atom is -0.256 e. The highest BCUT2D eigenvalue weighted by Crippen LogP contribution is 2.52. The molecule has 0 amide bonds. The van der Waals surface area contributed by atoms with E-state index in [1.807, 2.05) is 36.5 Å². The third kappa shape index (κ3) is 2.22. The van der Waals surface area contributed by atoms with E-state index in [9.17, 15) is 0 Å². The van der Waals surface area contributed by atoms with Crippen molar-refractivity contribution in [1.29, 1.82) is 0 Å². The van der Waals surface area contributed by atoms with Gasteiger partial charge in [0.15, 0.2) is 5.69 Å². The van der Waals surface area contributed by atoms with Crippen LogP contribution in [0.25, 0.3) is 38.0 Å². The standard InChI is InChI=1S/C25H18N2/c1-25(2)22-14-17(23-6-4-5-13-27-23)9-11-19(22)20-12-8-16-7-10-18(26-3)15-21(16)24(20)25/h4-15H,1-2H3. The molecule has 2 heteroatoms. The fraction of sp³-hybridized carbons (Fsp3) is 0.120. The van der Waals surface area contributed by atoms with Crippen LogP contribution in [0.15, 0.2) is 72.9 Å². The molecule has 0 bridgehead atoms. The van der Waals surface area contributed by atoms with Gasteiger partial charge in [-0.15, -0.1) is 0 Å². The SMILES string of the molecule is [C-]#[N+]c1ccc2ccc3c(c2c1)C(C)(C)c1cc(-c2ccccn2)ccc1-3. The lowest BCUT2D eigenvalue weighted by atomic mass is 9.79. The molecule has 0 radical (unpaired) electrons. The van der Waals surface area contributed by atoms with Crippen LogP contribution >= 0.6 is 0 Å². The number of benzene rings is 3. The van der Waals surface area contributed by atoms with Crippen molar-refractivity contribution in [3.8, 4) is 22.4 Å². The first-order valence-corrected chi connectivity index (χ1v) is 9.10. The first-order valence-electron chi connectivity index (χ1n) is 9.10. The van der Waals surface area contributed by atoms with E-state index in [1.54, 1.807) is 0 Å². The van der Waals surface area contributed by atoms with Gasteiger partial charge in [0.1, 0.15) is 0 Å². The monoisotopic (exact) mass is 346 g/mol. The van der Waals surface area contributed by atoms with Crippen molar-refractivity contribution in [2.45, 2.75) is 19.3 Å². The molecule has 1 aromatic heterocycles. The van der Waals surface area contributed by atoms with E-state index < -0.39 is 0 Å². The molecule has 0 fully saturated rings. The van der Waals surface area contributed by atoms with E-state index in [2.05, 4.69) is 60.1 Å². The van der Waals surface area contributed by atoms with E-state index in [4.69, 9.17) is 6.57 Å². The second kappa shape index (κ2) is 5.53. The molecule has 0 atom stereocenters. The molecule has 0 saturated heterocycles. The van der Waals surface area contributed by atoms with Gasteiger partial charge in [-0.2, -0.15) is 0 Å². The van der Waals surface area contributed by atoms with Gasteiger partial charge in [-0.3, -0.25) is 4.98 Å². The molecule has 4 aromatic rings. The van der Waals surface area contributed by atoms with Crippen LogP contribution in [-0.2, 0) is 5.41 Å². The Morgan fingerprint density at radius 2 is 1.70 bits per heavy atom. The molecule has 1 aliphatic carbocycles. The summed E-state index contributed by atoms with van der Waals surface area (Å²) in [4.78, 5) is 8.15. The van der Waals surface area contributed by atoms with Crippen LogP contribution < -0.4 is 0 Å². The smallest absolute Gasteiger partial charge is 0.187 e. The van der Waals surface area contributed by atoms with E-state index in [1.165, 1.54) is 33.0 Å². The highest BCUT2D eigenvalue weighted by Gasteiger charge is 2.37. The van der Waals surface area contributed by atoms with E-state index >= 15 is 0 Å². The number of nitrogens with zero attached hydrogens (tertiary/aromatic N) is 2. The molecule has 0 aliphatic heterocycles. The number of hydrogen-bond donors (Lipinski definition) is 0. The second-order valence-corrected chi connectivity index (χ2v) is 7.61. The molecule has 128 valence electrons. The predicted molar refractivity (Wildman–Crippen MR) is 111 cm³/mol. The van der Waals surface area contributed by atoms with Gasteiger partial charge in [-0.25, -0.2) is 4.85 Å². The molecule has 0 spiro atoms. The van der Waals surface area contributed by atoms with Crippen molar-refractivity contribution in [2.75, 3.05) is 0 Å². The molecular formula is C25H18N2. The summed E-state index contributed by atoms with van der Waals surface area (Å²) in [7, 11) is 0. The summed E-state index contributed by atoms with van der Waals surface area (Å²) in [5.74, 6) is 0. The minimum atomic E-state index is -0.129. The quantitative estimate of drug-likeness (QED) is 0.348. The molecule has 0 N–H and O–H groups in total. The van der Waals surface area contributed by atoms with Gasteiger partial charge in [-0.05, 0) is 57.3 Å². The summed E-state index contributed by atoms with van der Waals surface area (Å²) in [5, 5.41) is 2.37. The van der Waals surface area contributed by atoms with E-state index in [0.717, 1.165) is 11.3 Å². The van der Waals surface area contributed by atoms with Crippen molar-refractivity contribution in [3.05, 3.63) is 95.5 Å². The van der Waals surface area contributed by atoms with Crippen LogP contribution in [-0.4, -0.2) is 4.98 Å². The Balaban J connectivity index is 1.78. The summed E-state index contributed by atoms with van der Waals surface area (Å²) in [6.45, 7) is 11.9. The van der Waals surface area contributed by atoms with Gasteiger partial charge in [0, 0.05) is 17.2 Å². The maximum Gasteiger partial charge on any atom is 0.187 e. The zero-order valence-corrected chi connectivity index (χ0v) is 15.3. The maximum absolute atomic E-state index is 7.38. The largest absolute Gasteiger partial charge is 0.256 e. The Morgan fingerprint density at radius 3 is 2.48 bits per heavy atom. The topological polar surface area (TPSA) is 17.2 Å². The molecule has 1 aliphatic rings. The lowest BCUT2D eigenvalue weighted by Gasteiger charge is -2.23. The molecule has 2 nitrogen and oxygen atoms in total. The highest BCUT2D eigenvalue weighted by molar-refractivity contribution is 5.99. The Labute approximate surface area is 159 Å². The van der Waals surface area contributed by atoms with Gasteiger partial charge < -0.3 is 0 Å². The Kier molecular flexibility index (Phi) is 3.23. The Bertz CT molecular complexity index is 1240. The zero-order valence-electron chi connectivity index (χ0n) is 15.3. The van der Waals surface area contributed by atoms with Crippen molar-refractivity contribution >= 4 is 16.5 Å². The Morgan fingerprint density at radius 1 is 0.889 bits per heavy atom. The van der Waals surface area contributed by atoms with Crippen LogP contribution in [0.2, 0.25) is 0 Å². The summed E-state index contributed by atoms with van der Waals surface area (Å²) < 4.78 is 0. The predicted octanol–water partition coefficient (Wildman–Crippen LogP) is 6.76. The van der Waals surface area contributed by atoms with Gasteiger partial charge in [0.25, 0.3) is 0 Å². The summed E-state index contributed by atoms with van der Waals surface area (Å²) >= 11 is 0. The fourth-order valence-electron chi connectivity index (χ4n) is 4.40. The Hall–Kier alpha value is -3.44. The average molecular weight is 346 g/mol.